The molecule has 0 saturated heterocycles. The average Bonchev–Trinajstić information content (AvgIpc) is 2.57. The first kappa shape index (κ1) is 18.7. The highest BCUT2D eigenvalue weighted by atomic mass is 32.2. The van der Waals surface area contributed by atoms with Crippen molar-refractivity contribution in [1.29, 1.82) is 0 Å². The summed E-state index contributed by atoms with van der Waals surface area (Å²) in [6.45, 7) is 3.55. The lowest BCUT2D eigenvalue weighted by atomic mass is 10.1. The van der Waals surface area contributed by atoms with Gasteiger partial charge in [0.05, 0.1) is 17.1 Å². The Labute approximate surface area is 148 Å². The molecule has 0 saturated carbocycles. The number of amides is 1. The molecule has 0 radical (unpaired) electrons. The number of rotatable bonds is 7. The molecule has 0 unspecified atom stereocenters. The van der Waals surface area contributed by atoms with E-state index < -0.39 is 10.0 Å². The Bertz CT molecular complexity index is 862. The van der Waals surface area contributed by atoms with Crippen LogP contribution in [-0.2, 0) is 14.8 Å². The van der Waals surface area contributed by atoms with Crippen LogP contribution in [0.1, 0.15) is 24.6 Å². The lowest BCUT2D eigenvalue weighted by Gasteiger charge is -2.13. The third-order valence-corrected chi connectivity index (χ3v) is 4.90. The molecule has 2 aromatic rings. The summed E-state index contributed by atoms with van der Waals surface area (Å²) in [6.07, 6.45) is 5.17. The molecule has 0 aliphatic carbocycles. The minimum absolute atomic E-state index is 0.0514. The van der Waals surface area contributed by atoms with E-state index in [1.165, 1.54) is 6.08 Å². The van der Waals surface area contributed by atoms with Gasteiger partial charge in [-0.05, 0) is 49.2 Å². The van der Waals surface area contributed by atoms with Crippen molar-refractivity contribution >= 4 is 33.4 Å². The maximum atomic E-state index is 12.1. The molecule has 2 rings (SSSR count). The third kappa shape index (κ3) is 5.72. The highest BCUT2D eigenvalue weighted by Gasteiger charge is 2.12. The Hall–Kier alpha value is -2.67. The van der Waals surface area contributed by atoms with Gasteiger partial charge in [-0.15, -0.1) is 0 Å². The zero-order valence-electron chi connectivity index (χ0n) is 14.2. The van der Waals surface area contributed by atoms with Crippen LogP contribution in [0, 0.1) is 6.92 Å². The van der Waals surface area contributed by atoms with Crippen molar-refractivity contribution in [3.63, 3.8) is 0 Å². The molecular formula is C18H21N3O3S. The molecule has 0 aliphatic heterocycles. The van der Waals surface area contributed by atoms with Gasteiger partial charge in [-0.2, -0.15) is 0 Å². The second-order valence-electron chi connectivity index (χ2n) is 5.48. The third-order valence-electron chi connectivity index (χ3n) is 3.42. The molecule has 0 aliphatic rings. The summed E-state index contributed by atoms with van der Waals surface area (Å²) in [5, 5.41) is 2.75. The van der Waals surface area contributed by atoms with Gasteiger partial charge < -0.3 is 5.32 Å². The van der Waals surface area contributed by atoms with Crippen LogP contribution in [0.4, 0.5) is 11.4 Å². The van der Waals surface area contributed by atoms with Gasteiger partial charge >= 0.3 is 0 Å². The summed E-state index contributed by atoms with van der Waals surface area (Å²) in [6, 6.07) is 10.5. The average molecular weight is 359 g/mol. The number of carbonyl (C=O) groups is 1. The van der Waals surface area contributed by atoms with Crippen LogP contribution in [0.3, 0.4) is 0 Å². The van der Waals surface area contributed by atoms with E-state index in [2.05, 4.69) is 15.0 Å². The molecule has 25 heavy (non-hydrogen) atoms. The molecule has 0 atom stereocenters. The standard InChI is InChI=1S/C18H21N3O3S/c1-3-13-25(23,24)21-17-9-6-8-16(14(17)2)20-18(22)11-10-15-7-4-5-12-19-15/h4-12,21H,3,13H2,1-2H3,(H,20,22). The number of sulfonamides is 1. The second kappa shape index (κ2) is 8.43. The maximum absolute atomic E-state index is 12.1. The van der Waals surface area contributed by atoms with Gasteiger partial charge in [0.15, 0.2) is 0 Å². The number of benzene rings is 1. The first-order chi connectivity index (χ1) is 11.9. The van der Waals surface area contributed by atoms with Crippen LogP contribution in [0.25, 0.3) is 6.08 Å². The van der Waals surface area contributed by atoms with E-state index >= 15 is 0 Å². The van der Waals surface area contributed by atoms with Crippen LogP contribution in [0.2, 0.25) is 0 Å². The summed E-state index contributed by atoms with van der Waals surface area (Å²) in [4.78, 5) is 16.2. The van der Waals surface area contributed by atoms with Crippen molar-refractivity contribution < 1.29 is 13.2 Å². The lowest BCUT2D eigenvalue weighted by Crippen LogP contribution is -2.17. The smallest absolute Gasteiger partial charge is 0.248 e. The van der Waals surface area contributed by atoms with Crippen LogP contribution in [0.5, 0.6) is 0 Å². The molecule has 0 bridgehead atoms. The summed E-state index contributed by atoms with van der Waals surface area (Å²) >= 11 is 0. The van der Waals surface area contributed by atoms with Gasteiger partial charge in [0.1, 0.15) is 0 Å². The van der Waals surface area contributed by atoms with Crippen molar-refractivity contribution in [2.45, 2.75) is 20.3 Å². The molecule has 132 valence electrons. The number of hydrogen-bond donors (Lipinski definition) is 2. The minimum atomic E-state index is -3.38. The largest absolute Gasteiger partial charge is 0.322 e. The summed E-state index contributed by atoms with van der Waals surface area (Å²) in [7, 11) is -3.38. The van der Waals surface area contributed by atoms with Crippen molar-refractivity contribution in [2.75, 3.05) is 15.8 Å². The lowest BCUT2D eigenvalue weighted by molar-refractivity contribution is -0.111. The topological polar surface area (TPSA) is 88.2 Å². The quantitative estimate of drug-likeness (QED) is 0.743. The number of pyridine rings is 1. The molecule has 1 aromatic carbocycles. The van der Waals surface area contributed by atoms with Crippen LogP contribution < -0.4 is 10.0 Å². The van der Waals surface area contributed by atoms with Crippen molar-refractivity contribution in [3.05, 3.63) is 59.9 Å². The van der Waals surface area contributed by atoms with E-state index in [0.717, 1.165) is 0 Å². The number of nitrogens with zero attached hydrogens (tertiary/aromatic N) is 1. The van der Waals surface area contributed by atoms with E-state index in [1.54, 1.807) is 56.5 Å². The molecule has 1 amide bonds. The fourth-order valence-corrected chi connectivity index (χ4v) is 3.37. The van der Waals surface area contributed by atoms with Crippen LogP contribution >= 0.6 is 0 Å². The molecular weight excluding hydrogens is 338 g/mol. The Morgan fingerprint density at radius 2 is 1.92 bits per heavy atom. The first-order valence-corrected chi connectivity index (χ1v) is 9.56. The Morgan fingerprint density at radius 3 is 2.60 bits per heavy atom. The molecule has 1 heterocycles. The van der Waals surface area contributed by atoms with Crippen molar-refractivity contribution in [3.8, 4) is 0 Å². The zero-order valence-corrected chi connectivity index (χ0v) is 15.0. The minimum Gasteiger partial charge on any atom is -0.322 e. The van der Waals surface area contributed by atoms with Crippen molar-refractivity contribution in [1.82, 2.24) is 4.98 Å². The summed E-state index contributed by atoms with van der Waals surface area (Å²) in [5.74, 6) is -0.266. The molecule has 6 nitrogen and oxygen atoms in total. The van der Waals surface area contributed by atoms with Gasteiger partial charge in [0.25, 0.3) is 0 Å². The summed E-state index contributed by atoms with van der Waals surface area (Å²) < 4.78 is 26.4. The second-order valence-corrected chi connectivity index (χ2v) is 7.32. The molecule has 0 fully saturated rings. The Morgan fingerprint density at radius 1 is 1.16 bits per heavy atom. The highest BCUT2D eigenvalue weighted by Crippen LogP contribution is 2.24. The Balaban J connectivity index is 2.11. The van der Waals surface area contributed by atoms with E-state index in [-0.39, 0.29) is 11.7 Å². The molecule has 1 aromatic heterocycles. The van der Waals surface area contributed by atoms with Gasteiger partial charge in [0, 0.05) is 18.0 Å². The van der Waals surface area contributed by atoms with Crippen LogP contribution in [0.15, 0.2) is 48.7 Å². The number of nitrogens with one attached hydrogen (secondary N) is 2. The Kier molecular flexibility index (Phi) is 6.30. The number of aromatic nitrogens is 1. The normalized spacial score (nSPS) is 11.4. The van der Waals surface area contributed by atoms with Gasteiger partial charge in [-0.3, -0.25) is 14.5 Å². The molecule has 2 N–H and O–H groups in total. The van der Waals surface area contributed by atoms with E-state index in [1.807, 2.05) is 6.07 Å². The fraction of sp³-hybridized carbons (Fsp3) is 0.222. The molecule has 7 heteroatoms. The highest BCUT2D eigenvalue weighted by molar-refractivity contribution is 7.92. The van der Waals surface area contributed by atoms with Gasteiger partial charge in [-0.1, -0.05) is 19.1 Å². The predicted molar refractivity (Wildman–Crippen MR) is 101 cm³/mol. The molecule has 0 spiro atoms. The maximum Gasteiger partial charge on any atom is 0.248 e. The van der Waals surface area contributed by atoms with E-state index in [9.17, 15) is 13.2 Å². The number of anilines is 2. The van der Waals surface area contributed by atoms with Crippen LogP contribution in [-0.4, -0.2) is 25.1 Å². The SMILES string of the molecule is CCCS(=O)(=O)Nc1cccc(NC(=O)C=Cc2ccccn2)c1C. The predicted octanol–water partition coefficient (Wildman–Crippen LogP) is 3.19. The van der Waals surface area contributed by atoms with Crippen molar-refractivity contribution in [2.24, 2.45) is 0 Å². The van der Waals surface area contributed by atoms with E-state index in [0.29, 0.717) is 29.1 Å². The zero-order chi connectivity index (χ0) is 18.3. The van der Waals surface area contributed by atoms with Gasteiger partial charge in [0.2, 0.25) is 15.9 Å². The monoisotopic (exact) mass is 359 g/mol. The van der Waals surface area contributed by atoms with E-state index in [4.69, 9.17) is 0 Å². The number of hydrogen-bond acceptors (Lipinski definition) is 4. The number of carbonyl (C=O) groups excluding carboxylic acids is 1. The first-order valence-electron chi connectivity index (χ1n) is 7.91. The summed E-state index contributed by atoms with van der Waals surface area (Å²) in [5.41, 5.74) is 2.34. The fourth-order valence-electron chi connectivity index (χ4n) is 2.18. The van der Waals surface area contributed by atoms with Gasteiger partial charge in [-0.25, -0.2) is 8.42 Å².